The second kappa shape index (κ2) is 7.75. The van der Waals surface area contributed by atoms with Crippen LogP contribution in [0, 0.1) is 6.92 Å². The Morgan fingerprint density at radius 3 is 2.60 bits per heavy atom. The van der Waals surface area contributed by atoms with Crippen LogP contribution in [0.1, 0.15) is 60.9 Å². The number of nitrogens with zero attached hydrogens (tertiary/aromatic N) is 1. The third kappa shape index (κ3) is 4.53. The highest BCUT2D eigenvalue weighted by Gasteiger charge is 2.33. The van der Waals surface area contributed by atoms with Gasteiger partial charge in [0.05, 0.1) is 5.60 Å². The Morgan fingerprint density at radius 2 is 1.92 bits per heavy atom. The predicted molar refractivity (Wildman–Crippen MR) is 97.8 cm³/mol. The predicted octanol–water partition coefficient (Wildman–Crippen LogP) is 2.59. The Bertz CT molecular complexity index is 603. The number of amides is 1. The molecule has 0 unspecified atom stereocenters. The Hall–Kier alpha value is -1.59. The zero-order chi connectivity index (χ0) is 17.9. The van der Waals surface area contributed by atoms with E-state index in [1.165, 1.54) is 6.42 Å². The SMILES string of the molecule is Cc1c(O)cccc1C(=O)NC1CCN(CC2(O)CCCCC2)CC1. The molecule has 1 saturated heterocycles. The summed E-state index contributed by atoms with van der Waals surface area (Å²) in [6.45, 7) is 4.34. The van der Waals surface area contributed by atoms with Crippen molar-refractivity contribution in [1.82, 2.24) is 10.2 Å². The first-order chi connectivity index (χ1) is 12.0. The van der Waals surface area contributed by atoms with Crippen LogP contribution in [0.15, 0.2) is 18.2 Å². The van der Waals surface area contributed by atoms with Crippen molar-refractivity contribution in [1.29, 1.82) is 0 Å². The van der Waals surface area contributed by atoms with E-state index in [9.17, 15) is 15.0 Å². The molecular formula is C20H30N2O3. The van der Waals surface area contributed by atoms with Gasteiger partial charge in [0.1, 0.15) is 5.75 Å². The molecule has 0 aromatic heterocycles. The summed E-state index contributed by atoms with van der Waals surface area (Å²) in [5.74, 6) is 0.0426. The number of rotatable bonds is 4. The number of likely N-dealkylation sites (tertiary alicyclic amines) is 1. The molecule has 0 spiro atoms. The van der Waals surface area contributed by atoms with Crippen molar-refractivity contribution in [2.75, 3.05) is 19.6 Å². The van der Waals surface area contributed by atoms with Gasteiger partial charge < -0.3 is 20.4 Å². The summed E-state index contributed by atoms with van der Waals surface area (Å²) in [7, 11) is 0. The molecule has 1 aliphatic carbocycles. The fraction of sp³-hybridized carbons (Fsp3) is 0.650. The van der Waals surface area contributed by atoms with E-state index in [-0.39, 0.29) is 17.7 Å². The van der Waals surface area contributed by atoms with Gasteiger partial charge in [-0.15, -0.1) is 0 Å². The quantitative estimate of drug-likeness (QED) is 0.783. The minimum absolute atomic E-state index is 0.113. The highest BCUT2D eigenvalue weighted by atomic mass is 16.3. The molecule has 1 heterocycles. The second-order valence-corrected chi connectivity index (χ2v) is 7.76. The van der Waals surface area contributed by atoms with Crippen LogP contribution in [0.5, 0.6) is 5.75 Å². The lowest BCUT2D eigenvalue weighted by Crippen LogP contribution is -2.50. The van der Waals surface area contributed by atoms with Gasteiger partial charge in [0.25, 0.3) is 5.91 Å². The first kappa shape index (κ1) is 18.2. The topological polar surface area (TPSA) is 72.8 Å². The van der Waals surface area contributed by atoms with Gasteiger partial charge in [0, 0.05) is 36.8 Å². The van der Waals surface area contributed by atoms with Gasteiger partial charge in [-0.05, 0) is 44.7 Å². The maximum Gasteiger partial charge on any atom is 0.251 e. The molecule has 3 N–H and O–H groups in total. The first-order valence-electron chi connectivity index (χ1n) is 9.51. The Labute approximate surface area is 150 Å². The molecule has 3 rings (SSSR count). The van der Waals surface area contributed by atoms with E-state index in [1.54, 1.807) is 25.1 Å². The van der Waals surface area contributed by atoms with Crippen LogP contribution in [0.4, 0.5) is 0 Å². The smallest absolute Gasteiger partial charge is 0.251 e. The number of hydrogen-bond donors (Lipinski definition) is 3. The summed E-state index contributed by atoms with van der Waals surface area (Å²) in [5.41, 5.74) is 0.656. The number of phenolic OH excluding ortho intramolecular Hbond substituents is 1. The summed E-state index contributed by atoms with van der Waals surface area (Å²) in [4.78, 5) is 14.8. The molecule has 1 aromatic rings. The highest BCUT2D eigenvalue weighted by Crippen LogP contribution is 2.29. The van der Waals surface area contributed by atoms with Crippen molar-refractivity contribution in [3.63, 3.8) is 0 Å². The summed E-state index contributed by atoms with van der Waals surface area (Å²) in [6, 6.07) is 5.20. The van der Waals surface area contributed by atoms with Crippen LogP contribution in [-0.4, -0.2) is 52.3 Å². The van der Waals surface area contributed by atoms with E-state index in [1.807, 2.05) is 0 Å². The largest absolute Gasteiger partial charge is 0.508 e. The molecule has 138 valence electrons. The van der Waals surface area contributed by atoms with E-state index in [2.05, 4.69) is 10.2 Å². The summed E-state index contributed by atoms with van der Waals surface area (Å²) >= 11 is 0. The molecule has 0 atom stereocenters. The number of β-amino-alcohol motifs (C(OH)–C–C–N with tert-alkyl or cyclic N) is 1. The lowest BCUT2D eigenvalue weighted by molar-refractivity contribution is -0.0312. The van der Waals surface area contributed by atoms with Crippen molar-refractivity contribution < 1.29 is 15.0 Å². The van der Waals surface area contributed by atoms with E-state index in [0.29, 0.717) is 11.1 Å². The van der Waals surface area contributed by atoms with Gasteiger partial charge in [0.15, 0.2) is 0 Å². The molecule has 5 nitrogen and oxygen atoms in total. The average Bonchev–Trinajstić information content (AvgIpc) is 2.59. The Morgan fingerprint density at radius 1 is 1.24 bits per heavy atom. The van der Waals surface area contributed by atoms with E-state index < -0.39 is 5.60 Å². The number of phenols is 1. The van der Waals surface area contributed by atoms with Crippen molar-refractivity contribution >= 4 is 5.91 Å². The molecule has 1 saturated carbocycles. The number of hydrogen-bond acceptors (Lipinski definition) is 4. The number of nitrogens with one attached hydrogen (secondary N) is 1. The van der Waals surface area contributed by atoms with Crippen LogP contribution in [-0.2, 0) is 0 Å². The standard InChI is InChI=1S/C20H30N2O3/c1-15-17(6-5-7-18(15)23)19(24)21-16-8-12-22(13-9-16)14-20(25)10-3-2-4-11-20/h5-7,16,23,25H,2-4,8-14H2,1H3,(H,21,24). The number of piperidine rings is 1. The average molecular weight is 346 g/mol. The zero-order valence-electron chi connectivity index (χ0n) is 15.1. The zero-order valence-corrected chi connectivity index (χ0v) is 15.1. The highest BCUT2D eigenvalue weighted by molar-refractivity contribution is 5.96. The lowest BCUT2D eigenvalue weighted by atomic mass is 9.84. The first-order valence-corrected chi connectivity index (χ1v) is 9.51. The Balaban J connectivity index is 1.49. The lowest BCUT2D eigenvalue weighted by Gasteiger charge is -2.40. The van der Waals surface area contributed by atoms with Crippen molar-refractivity contribution in [3.8, 4) is 5.75 Å². The molecule has 2 aliphatic rings. The summed E-state index contributed by atoms with van der Waals surface area (Å²) in [6.07, 6.45) is 7.14. The van der Waals surface area contributed by atoms with Crippen LogP contribution >= 0.6 is 0 Å². The Kier molecular flexibility index (Phi) is 5.64. The van der Waals surface area contributed by atoms with Gasteiger partial charge in [-0.25, -0.2) is 0 Å². The van der Waals surface area contributed by atoms with E-state index in [0.717, 1.165) is 58.2 Å². The molecule has 1 aromatic carbocycles. The monoisotopic (exact) mass is 346 g/mol. The van der Waals surface area contributed by atoms with Crippen molar-refractivity contribution in [2.45, 2.75) is 63.5 Å². The number of carbonyl (C=O) groups excluding carboxylic acids is 1. The molecule has 1 amide bonds. The summed E-state index contributed by atoms with van der Waals surface area (Å²) in [5, 5.41) is 23.6. The van der Waals surface area contributed by atoms with Gasteiger partial charge in [0.2, 0.25) is 0 Å². The maximum absolute atomic E-state index is 12.5. The molecule has 25 heavy (non-hydrogen) atoms. The van der Waals surface area contributed by atoms with E-state index in [4.69, 9.17) is 0 Å². The molecule has 0 radical (unpaired) electrons. The number of aliphatic hydroxyl groups is 1. The number of benzene rings is 1. The fourth-order valence-electron chi connectivity index (χ4n) is 4.15. The van der Waals surface area contributed by atoms with Gasteiger partial charge in [-0.2, -0.15) is 0 Å². The van der Waals surface area contributed by atoms with Gasteiger partial charge in [-0.1, -0.05) is 25.3 Å². The van der Waals surface area contributed by atoms with Crippen LogP contribution in [0.25, 0.3) is 0 Å². The van der Waals surface area contributed by atoms with E-state index >= 15 is 0 Å². The van der Waals surface area contributed by atoms with Crippen molar-refractivity contribution in [2.24, 2.45) is 0 Å². The molecule has 5 heteroatoms. The fourth-order valence-corrected chi connectivity index (χ4v) is 4.15. The van der Waals surface area contributed by atoms with Crippen LogP contribution < -0.4 is 5.32 Å². The maximum atomic E-state index is 12.5. The molecular weight excluding hydrogens is 316 g/mol. The summed E-state index contributed by atoms with van der Waals surface area (Å²) < 4.78 is 0. The van der Waals surface area contributed by atoms with Gasteiger partial charge in [-0.3, -0.25) is 4.79 Å². The molecule has 0 bridgehead atoms. The second-order valence-electron chi connectivity index (χ2n) is 7.76. The third-order valence-electron chi connectivity index (χ3n) is 5.77. The number of carbonyl (C=O) groups is 1. The molecule has 2 fully saturated rings. The van der Waals surface area contributed by atoms with Crippen molar-refractivity contribution in [3.05, 3.63) is 29.3 Å². The van der Waals surface area contributed by atoms with Gasteiger partial charge >= 0.3 is 0 Å². The van der Waals surface area contributed by atoms with Crippen LogP contribution in [0.3, 0.4) is 0 Å². The normalized spacial score (nSPS) is 21.8. The third-order valence-corrected chi connectivity index (χ3v) is 5.77. The minimum Gasteiger partial charge on any atom is -0.508 e. The minimum atomic E-state index is -0.507. The van der Waals surface area contributed by atoms with Crippen LogP contribution in [0.2, 0.25) is 0 Å². The molecule has 1 aliphatic heterocycles. The number of aromatic hydroxyl groups is 1.